The van der Waals surface area contributed by atoms with E-state index in [9.17, 15) is 9.59 Å². The van der Waals surface area contributed by atoms with Crippen LogP contribution < -0.4 is 20.3 Å². The number of hydrogen-bond acceptors (Lipinski definition) is 6. The van der Waals surface area contributed by atoms with Crippen LogP contribution in [0.3, 0.4) is 0 Å². The molecule has 3 heterocycles. The standard InChI is InChI=1S/C26H30N6O3/c1-19-6-8-22(17-20(19)2)35-24-9-7-21(18-29-24)30-26(34)28-12-10-25(33)32-15-13-31(14-16-32)23-5-3-4-11-27-23/h3-9,11,17-18H,10,12-16H2,1-2H3,(H2,28,30,34). The SMILES string of the molecule is Cc1ccc(Oc2ccc(NC(=O)NCCC(=O)N3CCN(c4ccccn4)CC3)cn2)cc1C. The lowest BCUT2D eigenvalue weighted by Crippen LogP contribution is -2.49. The van der Waals surface area contributed by atoms with Crippen LogP contribution in [0.25, 0.3) is 0 Å². The van der Waals surface area contributed by atoms with E-state index in [0.29, 0.717) is 30.4 Å². The molecule has 0 radical (unpaired) electrons. The second kappa shape index (κ2) is 11.3. The van der Waals surface area contributed by atoms with E-state index < -0.39 is 0 Å². The Kier molecular flexibility index (Phi) is 7.77. The van der Waals surface area contributed by atoms with Crippen molar-refractivity contribution in [2.75, 3.05) is 42.9 Å². The molecule has 3 amide bonds. The van der Waals surface area contributed by atoms with Crippen molar-refractivity contribution in [3.8, 4) is 11.6 Å². The number of amides is 3. The smallest absolute Gasteiger partial charge is 0.319 e. The largest absolute Gasteiger partial charge is 0.439 e. The number of nitrogens with one attached hydrogen (secondary N) is 2. The van der Waals surface area contributed by atoms with Gasteiger partial charge in [-0.25, -0.2) is 14.8 Å². The van der Waals surface area contributed by atoms with E-state index in [0.717, 1.165) is 24.5 Å². The number of hydrogen-bond donors (Lipinski definition) is 2. The Morgan fingerprint density at radius 2 is 1.80 bits per heavy atom. The first-order valence-corrected chi connectivity index (χ1v) is 11.7. The molecule has 35 heavy (non-hydrogen) atoms. The van der Waals surface area contributed by atoms with E-state index in [1.807, 2.05) is 55.1 Å². The fourth-order valence-electron chi connectivity index (χ4n) is 3.75. The van der Waals surface area contributed by atoms with Gasteiger partial charge in [0.05, 0.1) is 11.9 Å². The van der Waals surface area contributed by atoms with E-state index in [4.69, 9.17) is 4.74 Å². The highest BCUT2D eigenvalue weighted by atomic mass is 16.5. The van der Waals surface area contributed by atoms with Crippen LogP contribution in [-0.4, -0.2) is 59.5 Å². The van der Waals surface area contributed by atoms with Crippen LogP contribution >= 0.6 is 0 Å². The first-order chi connectivity index (χ1) is 17.0. The Balaban J connectivity index is 1.16. The van der Waals surface area contributed by atoms with Crippen LogP contribution in [0.2, 0.25) is 0 Å². The maximum absolute atomic E-state index is 12.5. The third kappa shape index (κ3) is 6.69. The van der Waals surface area contributed by atoms with Crippen molar-refractivity contribution < 1.29 is 14.3 Å². The molecule has 0 aliphatic carbocycles. The highest BCUT2D eigenvalue weighted by Gasteiger charge is 2.21. The second-order valence-corrected chi connectivity index (χ2v) is 8.42. The summed E-state index contributed by atoms with van der Waals surface area (Å²) in [4.78, 5) is 37.3. The van der Waals surface area contributed by atoms with Gasteiger partial charge in [-0.2, -0.15) is 0 Å². The van der Waals surface area contributed by atoms with E-state index in [1.165, 1.54) is 11.8 Å². The second-order valence-electron chi connectivity index (χ2n) is 8.42. The van der Waals surface area contributed by atoms with Gasteiger partial charge in [0.1, 0.15) is 11.6 Å². The molecule has 0 saturated carbocycles. The van der Waals surface area contributed by atoms with Gasteiger partial charge in [0.2, 0.25) is 11.8 Å². The molecule has 182 valence electrons. The Morgan fingerprint density at radius 3 is 2.49 bits per heavy atom. The predicted molar refractivity (Wildman–Crippen MR) is 135 cm³/mol. The zero-order chi connectivity index (χ0) is 24.6. The van der Waals surface area contributed by atoms with Crippen LogP contribution in [0.15, 0.2) is 60.9 Å². The highest BCUT2D eigenvalue weighted by Crippen LogP contribution is 2.23. The van der Waals surface area contributed by atoms with Crippen LogP contribution in [0.5, 0.6) is 11.6 Å². The summed E-state index contributed by atoms with van der Waals surface area (Å²) in [7, 11) is 0. The highest BCUT2D eigenvalue weighted by molar-refractivity contribution is 5.89. The molecule has 9 heteroatoms. The summed E-state index contributed by atoms with van der Waals surface area (Å²) < 4.78 is 5.77. The fraction of sp³-hybridized carbons (Fsp3) is 0.308. The monoisotopic (exact) mass is 474 g/mol. The number of aromatic nitrogens is 2. The summed E-state index contributed by atoms with van der Waals surface area (Å²) in [6.45, 7) is 7.10. The summed E-state index contributed by atoms with van der Waals surface area (Å²) in [5.41, 5.74) is 2.87. The van der Waals surface area contributed by atoms with Gasteiger partial charge in [-0.3, -0.25) is 4.79 Å². The topological polar surface area (TPSA) is 99.7 Å². The maximum Gasteiger partial charge on any atom is 0.319 e. The van der Waals surface area contributed by atoms with E-state index in [1.54, 1.807) is 18.3 Å². The molecular weight excluding hydrogens is 444 g/mol. The minimum Gasteiger partial charge on any atom is -0.439 e. The number of urea groups is 1. The Bertz CT molecular complexity index is 1150. The minimum atomic E-state index is -0.387. The van der Waals surface area contributed by atoms with Crippen LogP contribution in [-0.2, 0) is 4.79 Å². The van der Waals surface area contributed by atoms with Crippen molar-refractivity contribution in [3.05, 3.63) is 72.1 Å². The van der Waals surface area contributed by atoms with Crippen LogP contribution in [0.1, 0.15) is 17.5 Å². The first-order valence-electron chi connectivity index (χ1n) is 11.7. The molecule has 2 N–H and O–H groups in total. The Morgan fingerprint density at radius 1 is 0.971 bits per heavy atom. The zero-order valence-electron chi connectivity index (χ0n) is 20.0. The molecule has 0 spiro atoms. The number of anilines is 2. The van der Waals surface area contributed by atoms with E-state index in [2.05, 4.69) is 25.5 Å². The van der Waals surface area contributed by atoms with Crippen molar-refractivity contribution in [2.45, 2.75) is 20.3 Å². The number of ether oxygens (including phenoxy) is 1. The summed E-state index contributed by atoms with van der Waals surface area (Å²) >= 11 is 0. The molecule has 1 aliphatic rings. The van der Waals surface area contributed by atoms with Gasteiger partial charge in [0.25, 0.3) is 0 Å². The molecule has 1 aromatic carbocycles. The van der Waals surface area contributed by atoms with Gasteiger partial charge in [-0.05, 0) is 55.3 Å². The zero-order valence-corrected chi connectivity index (χ0v) is 20.0. The van der Waals surface area contributed by atoms with Crippen molar-refractivity contribution in [3.63, 3.8) is 0 Å². The normalized spacial score (nSPS) is 13.3. The van der Waals surface area contributed by atoms with Gasteiger partial charge in [0.15, 0.2) is 0 Å². The van der Waals surface area contributed by atoms with Crippen molar-refractivity contribution in [2.24, 2.45) is 0 Å². The van der Waals surface area contributed by atoms with Gasteiger partial charge in [0, 0.05) is 51.4 Å². The van der Waals surface area contributed by atoms with Crippen LogP contribution in [0, 0.1) is 13.8 Å². The molecular formula is C26H30N6O3. The average molecular weight is 475 g/mol. The quantitative estimate of drug-likeness (QED) is 0.541. The molecule has 4 rings (SSSR count). The van der Waals surface area contributed by atoms with Crippen LogP contribution in [0.4, 0.5) is 16.3 Å². The van der Waals surface area contributed by atoms with E-state index >= 15 is 0 Å². The third-order valence-corrected chi connectivity index (χ3v) is 5.93. The number of benzene rings is 1. The third-order valence-electron chi connectivity index (χ3n) is 5.93. The molecule has 0 unspecified atom stereocenters. The Labute approximate surface area is 205 Å². The molecule has 1 saturated heterocycles. The predicted octanol–water partition coefficient (Wildman–Crippen LogP) is 3.75. The minimum absolute atomic E-state index is 0.0282. The molecule has 1 fully saturated rings. The van der Waals surface area contributed by atoms with Gasteiger partial charge in [-0.15, -0.1) is 0 Å². The molecule has 2 aromatic heterocycles. The van der Waals surface area contributed by atoms with Gasteiger partial charge >= 0.3 is 6.03 Å². The van der Waals surface area contributed by atoms with Crippen molar-refractivity contribution in [1.29, 1.82) is 0 Å². The number of aryl methyl sites for hydroxylation is 2. The lowest BCUT2D eigenvalue weighted by Gasteiger charge is -2.35. The molecule has 9 nitrogen and oxygen atoms in total. The molecule has 0 bridgehead atoms. The van der Waals surface area contributed by atoms with E-state index in [-0.39, 0.29) is 24.9 Å². The molecule has 0 atom stereocenters. The maximum atomic E-state index is 12.5. The summed E-state index contributed by atoms with van der Waals surface area (Å²) in [5, 5.41) is 5.44. The number of rotatable bonds is 7. The fourth-order valence-corrected chi connectivity index (χ4v) is 3.75. The number of nitrogens with zero attached hydrogens (tertiary/aromatic N) is 4. The number of carbonyl (C=O) groups is 2. The molecule has 3 aromatic rings. The number of piperazine rings is 1. The van der Waals surface area contributed by atoms with Gasteiger partial charge in [-0.1, -0.05) is 12.1 Å². The average Bonchev–Trinajstić information content (AvgIpc) is 2.88. The van der Waals surface area contributed by atoms with Crippen molar-refractivity contribution >= 4 is 23.4 Å². The molecule has 1 aliphatic heterocycles. The lowest BCUT2D eigenvalue weighted by molar-refractivity contribution is -0.131. The van der Waals surface area contributed by atoms with Gasteiger partial charge < -0.3 is 25.2 Å². The van der Waals surface area contributed by atoms with Crippen molar-refractivity contribution in [1.82, 2.24) is 20.2 Å². The lowest BCUT2D eigenvalue weighted by atomic mass is 10.1. The summed E-state index contributed by atoms with van der Waals surface area (Å²) in [6, 6.07) is 14.7. The Hall–Kier alpha value is -4.14. The number of carbonyl (C=O) groups excluding carboxylic acids is 2. The summed E-state index contributed by atoms with van der Waals surface area (Å²) in [6.07, 6.45) is 3.55. The summed E-state index contributed by atoms with van der Waals surface area (Å²) in [5.74, 6) is 2.10. The number of pyridine rings is 2. The first kappa shape index (κ1) is 24.0.